The molecule has 10 aromatic rings. The Morgan fingerprint density at radius 1 is 0.377 bits per heavy atom. The first kappa shape index (κ1) is 34.3. The Morgan fingerprint density at radius 3 is 1.64 bits per heavy atom. The summed E-state index contributed by atoms with van der Waals surface area (Å²) in [5.41, 5.74) is 18.1. The van der Waals surface area contributed by atoms with E-state index in [1.54, 1.807) is 6.07 Å². The second-order valence-corrected chi connectivity index (χ2v) is 18.1. The molecule has 2 aliphatic carbocycles. The Labute approximate surface area is 353 Å². The van der Waals surface area contributed by atoms with E-state index in [1.165, 1.54) is 11.1 Å². The van der Waals surface area contributed by atoms with Gasteiger partial charge in [0.1, 0.15) is 5.82 Å². The molecule has 4 nitrogen and oxygen atoms in total. The van der Waals surface area contributed by atoms with Crippen LogP contribution in [0.25, 0.3) is 83.7 Å². The van der Waals surface area contributed by atoms with Crippen molar-refractivity contribution in [2.75, 3.05) is 0 Å². The molecule has 0 fully saturated rings. The number of hydrogen-bond acceptors (Lipinski definition) is 3. The number of para-hydroxylation sites is 1. The maximum Gasteiger partial charge on any atom is 0.207 e. The Balaban J connectivity index is 1.12. The van der Waals surface area contributed by atoms with E-state index in [4.69, 9.17) is 4.98 Å². The molecule has 0 amide bonds. The lowest BCUT2D eigenvalue weighted by atomic mass is 9.65. The summed E-state index contributed by atoms with van der Waals surface area (Å²) in [5.74, 6) is 0.892. The number of hydrogen-bond donors (Lipinski definition) is 0. The molecule has 1 unspecified atom stereocenters. The number of rotatable bonds is 3. The molecule has 1 aliphatic heterocycles. The van der Waals surface area contributed by atoms with Crippen LogP contribution in [-0.4, -0.2) is 18.0 Å². The maximum atomic E-state index is 14.2. The van der Waals surface area contributed by atoms with Crippen LogP contribution in [0.2, 0.25) is 0 Å². The summed E-state index contributed by atoms with van der Waals surface area (Å²) in [6.07, 6.45) is 0. The Morgan fingerprint density at radius 2 is 0.918 bits per heavy atom. The predicted octanol–water partition coefficient (Wildman–Crippen LogP) is 13.2. The van der Waals surface area contributed by atoms with Crippen molar-refractivity contribution in [3.8, 4) is 72.7 Å². The number of aromatic nitrogens is 2. The monoisotopic (exact) mass is 798 g/mol. The molecule has 0 N–H and O–H groups in total. The SMILES string of the molecule is O=S1(=O)c2ccccc2-c2cc3c(cc21)-c1ccccc1C31c2ccccc2-c2ccccc2-c2ccc(-c3ccc4c(c3)nc(-c3ccccc3)n4-c3ccccc3)cc21. The second kappa shape index (κ2) is 12.5. The van der Waals surface area contributed by atoms with Crippen molar-refractivity contribution < 1.29 is 8.42 Å². The zero-order valence-electron chi connectivity index (χ0n) is 32.7. The molecule has 1 spiro atoms. The zero-order chi connectivity index (χ0) is 40.5. The third-order valence-electron chi connectivity index (χ3n) is 13.2. The van der Waals surface area contributed by atoms with E-state index in [-0.39, 0.29) is 0 Å². The van der Waals surface area contributed by atoms with E-state index in [1.807, 2.05) is 36.4 Å². The summed E-state index contributed by atoms with van der Waals surface area (Å²) in [5, 5.41) is 0. The normalized spacial score (nSPS) is 15.9. The molecule has 0 bridgehead atoms. The molecule has 61 heavy (non-hydrogen) atoms. The molecule has 0 saturated heterocycles. The average Bonchev–Trinajstić information content (AvgIpc) is 3.89. The van der Waals surface area contributed by atoms with Crippen molar-refractivity contribution in [1.29, 1.82) is 0 Å². The van der Waals surface area contributed by atoms with Gasteiger partial charge in [0.2, 0.25) is 9.84 Å². The number of nitrogens with zero attached hydrogens (tertiary/aromatic N) is 2. The number of sulfone groups is 1. The van der Waals surface area contributed by atoms with Crippen LogP contribution >= 0.6 is 0 Å². The van der Waals surface area contributed by atoms with Crippen molar-refractivity contribution >= 4 is 20.9 Å². The van der Waals surface area contributed by atoms with Gasteiger partial charge >= 0.3 is 0 Å². The van der Waals surface area contributed by atoms with E-state index in [0.717, 1.165) is 94.9 Å². The van der Waals surface area contributed by atoms with E-state index < -0.39 is 15.3 Å². The first-order valence-corrected chi connectivity index (χ1v) is 22.1. The molecule has 0 radical (unpaired) electrons. The smallest absolute Gasteiger partial charge is 0.207 e. The van der Waals surface area contributed by atoms with Gasteiger partial charge in [-0.15, -0.1) is 0 Å². The summed E-state index contributed by atoms with van der Waals surface area (Å²) >= 11 is 0. The topological polar surface area (TPSA) is 52.0 Å². The van der Waals surface area contributed by atoms with Crippen LogP contribution in [0.5, 0.6) is 0 Å². The van der Waals surface area contributed by atoms with E-state index in [9.17, 15) is 8.42 Å². The van der Waals surface area contributed by atoms with Gasteiger partial charge in [0.15, 0.2) is 0 Å². The highest BCUT2D eigenvalue weighted by Gasteiger charge is 2.51. The largest absolute Gasteiger partial charge is 0.292 e. The van der Waals surface area contributed by atoms with Gasteiger partial charge in [-0.05, 0) is 115 Å². The molecule has 286 valence electrons. The van der Waals surface area contributed by atoms with Crippen molar-refractivity contribution in [3.05, 3.63) is 229 Å². The van der Waals surface area contributed by atoms with Crippen LogP contribution < -0.4 is 0 Å². The molecule has 0 saturated carbocycles. The molecule has 9 aromatic carbocycles. The van der Waals surface area contributed by atoms with Crippen molar-refractivity contribution in [2.24, 2.45) is 0 Å². The van der Waals surface area contributed by atoms with Crippen molar-refractivity contribution in [2.45, 2.75) is 15.2 Å². The third-order valence-corrected chi connectivity index (χ3v) is 15.0. The van der Waals surface area contributed by atoms with Gasteiger partial charge in [-0.2, -0.15) is 0 Å². The fourth-order valence-corrected chi connectivity index (χ4v) is 12.3. The first-order valence-electron chi connectivity index (χ1n) is 20.6. The van der Waals surface area contributed by atoms with E-state index in [2.05, 4.69) is 168 Å². The molecule has 5 heteroatoms. The highest BCUT2D eigenvalue weighted by molar-refractivity contribution is 7.92. The van der Waals surface area contributed by atoms with Crippen molar-refractivity contribution in [1.82, 2.24) is 9.55 Å². The predicted molar refractivity (Wildman–Crippen MR) is 245 cm³/mol. The molecule has 2 heterocycles. The lowest BCUT2D eigenvalue weighted by Gasteiger charge is -2.36. The summed E-state index contributed by atoms with van der Waals surface area (Å²) in [4.78, 5) is 6.06. The van der Waals surface area contributed by atoms with E-state index >= 15 is 0 Å². The van der Waals surface area contributed by atoms with Gasteiger partial charge in [-0.25, -0.2) is 13.4 Å². The highest BCUT2D eigenvalue weighted by atomic mass is 32.2. The lowest BCUT2D eigenvalue weighted by molar-refractivity contribution is 0.598. The Hall–Kier alpha value is -7.60. The first-order chi connectivity index (χ1) is 30.0. The molecule has 1 atom stereocenters. The van der Waals surface area contributed by atoms with Gasteiger partial charge in [0.25, 0.3) is 0 Å². The minimum atomic E-state index is -3.71. The lowest BCUT2D eigenvalue weighted by Crippen LogP contribution is -2.29. The van der Waals surface area contributed by atoms with Crippen LogP contribution in [0.1, 0.15) is 22.3 Å². The summed E-state index contributed by atoms with van der Waals surface area (Å²) in [7, 11) is -3.71. The third kappa shape index (κ3) is 4.58. The Kier molecular flexibility index (Phi) is 7.00. The molecule has 13 rings (SSSR count). The summed E-state index contributed by atoms with van der Waals surface area (Å²) < 4.78 is 30.7. The van der Waals surface area contributed by atoms with Crippen LogP contribution in [0, 0.1) is 0 Å². The minimum Gasteiger partial charge on any atom is -0.292 e. The standard InChI is InChI=1S/C56H34N2O2S/c59-61(60)53-26-14-11-23-44(53)46-33-50-45(34-54(46)61)42-22-10-13-25-48(42)56(50)47-24-12-9-21-41(47)39-19-7-8-20-40(39)43-29-27-36(31-49(43)56)37-28-30-52-51(32-37)57-55(35-15-3-1-4-16-35)58(52)38-17-5-2-6-18-38/h1-34H. The molecular formula is C56H34N2O2S. The fraction of sp³-hybridized carbons (Fsp3) is 0.0179. The van der Waals surface area contributed by atoms with Gasteiger partial charge in [0.05, 0.1) is 26.2 Å². The van der Waals surface area contributed by atoms with Gasteiger partial charge in [0, 0.05) is 22.4 Å². The summed E-state index contributed by atoms with van der Waals surface area (Å²) in [6.45, 7) is 0. The highest BCUT2D eigenvalue weighted by Crippen LogP contribution is 2.63. The number of fused-ring (bicyclic) bond motifs is 16. The molecule has 1 aromatic heterocycles. The molecule has 3 aliphatic rings. The van der Waals surface area contributed by atoms with E-state index in [0.29, 0.717) is 9.79 Å². The van der Waals surface area contributed by atoms with Crippen LogP contribution in [0.3, 0.4) is 0 Å². The van der Waals surface area contributed by atoms with Gasteiger partial charge in [-0.1, -0.05) is 158 Å². The van der Waals surface area contributed by atoms with Gasteiger partial charge in [-0.3, -0.25) is 4.57 Å². The van der Waals surface area contributed by atoms with Crippen LogP contribution in [0.15, 0.2) is 216 Å². The van der Waals surface area contributed by atoms with Crippen molar-refractivity contribution in [3.63, 3.8) is 0 Å². The summed E-state index contributed by atoms with van der Waals surface area (Å²) in [6, 6.07) is 72.1. The van der Waals surface area contributed by atoms with Gasteiger partial charge < -0.3 is 0 Å². The number of benzene rings is 9. The average molecular weight is 799 g/mol. The van der Waals surface area contributed by atoms with Crippen LogP contribution in [0.4, 0.5) is 0 Å². The quantitative estimate of drug-likeness (QED) is 0.179. The number of imidazole rings is 1. The maximum absolute atomic E-state index is 14.2. The Bertz CT molecular complexity index is 3610. The minimum absolute atomic E-state index is 0.368. The zero-order valence-corrected chi connectivity index (χ0v) is 33.6. The molecular weight excluding hydrogens is 765 g/mol. The van der Waals surface area contributed by atoms with Crippen LogP contribution in [-0.2, 0) is 15.3 Å². The second-order valence-electron chi connectivity index (χ2n) is 16.2. The fourth-order valence-electron chi connectivity index (χ4n) is 10.6.